The second-order valence-corrected chi connectivity index (χ2v) is 7.51. The van der Waals surface area contributed by atoms with Crippen LogP contribution in [0.2, 0.25) is 5.15 Å². The van der Waals surface area contributed by atoms with Crippen molar-refractivity contribution in [2.75, 3.05) is 6.61 Å². The van der Waals surface area contributed by atoms with E-state index in [9.17, 15) is 4.79 Å². The summed E-state index contributed by atoms with van der Waals surface area (Å²) in [7, 11) is 0. The molecule has 5 nitrogen and oxygen atoms in total. The van der Waals surface area contributed by atoms with Crippen LogP contribution in [-0.2, 0) is 4.79 Å². The van der Waals surface area contributed by atoms with Crippen molar-refractivity contribution < 1.29 is 9.53 Å². The number of nitrogens with zero attached hydrogens (tertiary/aromatic N) is 3. The monoisotopic (exact) mass is 407 g/mol. The minimum atomic E-state index is -0.278. The van der Waals surface area contributed by atoms with Gasteiger partial charge in [-0.25, -0.2) is 9.99 Å². The van der Waals surface area contributed by atoms with Gasteiger partial charge in [0.15, 0.2) is 0 Å². The molecule has 0 N–H and O–H groups in total. The summed E-state index contributed by atoms with van der Waals surface area (Å²) in [5.41, 5.74) is 4.62. The van der Waals surface area contributed by atoms with Gasteiger partial charge in [0.05, 0.1) is 23.9 Å². The van der Waals surface area contributed by atoms with E-state index in [2.05, 4.69) is 10.1 Å². The van der Waals surface area contributed by atoms with E-state index in [1.165, 1.54) is 17.5 Å². The van der Waals surface area contributed by atoms with Crippen molar-refractivity contribution in [2.45, 2.75) is 33.2 Å². The first-order chi connectivity index (χ1) is 14.0. The number of aromatic nitrogens is 1. The smallest absolute Gasteiger partial charge is 0.240 e. The fraction of sp³-hybridized carbons (Fsp3) is 0.261. The molecular weight excluding hydrogens is 386 g/mol. The Labute approximate surface area is 175 Å². The van der Waals surface area contributed by atoms with Crippen LogP contribution in [0.5, 0.6) is 5.75 Å². The van der Waals surface area contributed by atoms with Gasteiger partial charge in [0, 0.05) is 30.4 Å². The molecular formula is C23H22ClN3O2. The lowest BCUT2D eigenvalue weighted by Gasteiger charge is -2.21. The first kappa shape index (κ1) is 19.4. The second-order valence-electron chi connectivity index (χ2n) is 7.15. The summed E-state index contributed by atoms with van der Waals surface area (Å²) in [5, 5.41) is 7.43. The Bertz CT molecular complexity index is 1110. The topological polar surface area (TPSA) is 54.8 Å². The van der Waals surface area contributed by atoms with Crippen LogP contribution in [0.3, 0.4) is 0 Å². The van der Waals surface area contributed by atoms with E-state index in [1.807, 2.05) is 62.4 Å². The van der Waals surface area contributed by atoms with Crippen LogP contribution in [0.15, 0.2) is 53.6 Å². The molecule has 1 aliphatic heterocycles. The summed E-state index contributed by atoms with van der Waals surface area (Å²) in [5.74, 6) is 0.632. The summed E-state index contributed by atoms with van der Waals surface area (Å²) in [6.45, 7) is 6.09. The van der Waals surface area contributed by atoms with Crippen LogP contribution in [0.25, 0.3) is 10.9 Å². The van der Waals surface area contributed by atoms with Gasteiger partial charge in [-0.15, -0.1) is 0 Å². The van der Waals surface area contributed by atoms with Gasteiger partial charge in [0.1, 0.15) is 10.9 Å². The Hall–Kier alpha value is -2.92. The highest BCUT2D eigenvalue weighted by atomic mass is 35.5. The van der Waals surface area contributed by atoms with Crippen LogP contribution in [0, 0.1) is 6.92 Å². The molecule has 0 fully saturated rings. The summed E-state index contributed by atoms with van der Waals surface area (Å²) >= 11 is 6.56. The predicted octanol–water partition coefficient (Wildman–Crippen LogP) is 5.29. The number of hydrogen-bond acceptors (Lipinski definition) is 4. The number of halogens is 1. The molecule has 4 rings (SSSR count). The van der Waals surface area contributed by atoms with Gasteiger partial charge in [-0.05, 0) is 37.6 Å². The molecule has 1 unspecified atom stereocenters. The van der Waals surface area contributed by atoms with Crippen LogP contribution >= 0.6 is 11.6 Å². The number of benzene rings is 2. The van der Waals surface area contributed by atoms with Gasteiger partial charge >= 0.3 is 0 Å². The van der Waals surface area contributed by atoms with Crippen molar-refractivity contribution in [3.63, 3.8) is 0 Å². The number of pyridine rings is 1. The van der Waals surface area contributed by atoms with E-state index in [0.717, 1.165) is 33.5 Å². The highest BCUT2D eigenvalue weighted by Gasteiger charge is 2.33. The Kier molecular flexibility index (Phi) is 5.24. The van der Waals surface area contributed by atoms with Gasteiger partial charge in [-0.2, -0.15) is 5.10 Å². The normalized spacial score (nSPS) is 16.2. The van der Waals surface area contributed by atoms with Gasteiger partial charge in [-0.1, -0.05) is 41.4 Å². The maximum atomic E-state index is 12.3. The van der Waals surface area contributed by atoms with Crippen LogP contribution in [0.4, 0.5) is 0 Å². The molecule has 148 valence electrons. The van der Waals surface area contributed by atoms with E-state index in [0.29, 0.717) is 18.2 Å². The van der Waals surface area contributed by atoms with E-state index < -0.39 is 0 Å². The van der Waals surface area contributed by atoms with Gasteiger partial charge in [0.2, 0.25) is 5.91 Å². The predicted molar refractivity (Wildman–Crippen MR) is 116 cm³/mol. The molecule has 1 amide bonds. The zero-order chi connectivity index (χ0) is 20.5. The lowest BCUT2D eigenvalue weighted by Crippen LogP contribution is -2.24. The lowest BCUT2D eigenvalue weighted by molar-refractivity contribution is -0.130. The molecule has 6 heteroatoms. The number of rotatable bonds is 4. The number of hydrazone groups is 1. The number of aryl methyl sites for hydroxylation is 1. The average Bonchev–Trinajstić information content (AvgIpc) is 3.13. The molecule has 3 aromatic rings. The second kappa shape index (κ2) is 7.84. The number of carbonyl (C=O) groups excluding carboxylic acids is 1. The minimum Gasteiger partial charge on any atom is -0.494 e. The van der Waals surface area contributed by atoms with Crippen LogP contribution < -0.4 is 4.74 Å². The van der Waals surface area contributed by atoms with Crippen molar-refractivity contribution in [3.05, 3.63) is 70.4 Å². The van der Waals surface area contributed by atoms with Crippen molar-refractivity contribution in [2.24, 2.45) is 5.10 Å². The minimum absolute atomic E-state index is 0.125. The highest BCUT2D eigenvalue weighted by Crippen LogP contribution is 2.37. The maximum Gasteiger partial charge on any atom is 0.240 e. The third-order valence-electron chi connectivity index (χ3n) is 5.06. The number of fused-ring (bicyclic) bond motifs is 1. The zero-order valence-electron chi connectivity index (χ0n) is 16.6. The molecule has 1 aliphatic rings. The molecule has 29 heavy (non-hydrogen) atoms. The van der Waals surface area contributed by atoms with Gasteiger partial charge < -0.3 is 4.74 Å². The molecule has 2 heterocycles. The molecule has 0 saturated heterocycles. The van der Waals surface area contributed by atoms with Crippen LogP contribution in [-0.4, -0.2) is 28.2 Å². The Balaban J connectivity index is 1.72. The SMILES string of the molecule is CCOc1ccc2cc(C3CC(c4ccc(C)cc4)=NN3C(C)=O)c(Cl)nc2c1. The van der Waals surface area contributed by atoms with E-state index >= 15 is 0 Å². The molecule has 0 bridgehead atoms. The average molecular weight is 408 g/mol. The Morgan fingerprint density at radius 1 is 1.21 bits per heavy atom. The van der Waals surface area contributed by atoms with Crippen molar-refractivity contribution in [3.8, 4) is 5.75 Å². The first-order valence-electron chi connectivity index (χ1n) is 9.63. The highest BCUT2D eigenvalue weighted by molar-refractivity contribution is 6.30. The molecule has 1 aromatic heterocycles. The molecule has 0 radical (unpaired) electrons. The zero-order valence-corrected chi connectivity index (χ0v) is 17.4. The van der Waals surface area contributed by atoms with Crippen molar-refractivity contribution in [1.82, 2.24) is 9.99 Å². The molecule has 0 aliphatic carbocycles. The quantitative estimate of drug-likeness (QED) is 0.552. The molecule has 0 saturated carbocycles. The fourth-order valence-corrected chi connectivity index (χ4v) is 3.86. The standard InChI is InChI=1S/C23H22ClN3O2/c1-4-29-18-10-9-17-11-19(23(24)25-20(17)12-18)22-13-21(26-27(22)15(3)28)16-7-5-14(2)6-8-16/h5-12,22H,4,13H2,1-3H3. The molecule has 0 spiro atoms. The third-order valence-corrected chi connectivity index (χ3v) is 5.36. The summed E-state index contributed by atoms with van der Waals surface area (Å²) in [6, 6.07) is 15.6. The summed E-state index contributed by atoms with van der Waals surface area (Å²) in [4.78, 5) is 16.9. The largest absolute Gasteiger partial charge is 0.494 e. The number of carbonyl (C=O) groups is 1. The Morgan fingerprint density at radius 3 is 2.66 bits per heavy atom. The van der Waals surface area contributed by atoms with Crippen molar-refractivity contribution in [1.29, 1.82) is 0 Å². The molecule has 1 atom stereocenters. The van der Waals surface area contributed by atoms with Crippen LogP contribution in [0.1, 0.15) is 43.0 Å². The van der Waals surface area contributed by atoms with E-state index in [4.69, 9.17) is 16.3 Å². The van der Waals surface area contributed by atoms with Gasteiger partial charge in [0.25, 0.3) is 0 Å². The maximum absolute atomic E-state index is 12.3. The third kappa shape index (κ3) is 3.83. The fourth-order valence-electron chi connectivity index (χ4n) is 3.59. The molecule has 2 aromatic carbocycles. The summed E-state index contributed by atoms with van der Waals surface area (Å²) in [6.07, 6.45) is 0.590. The first-order valence-corrected chi connectivity index (χ1v) is 10.0. The number of ether oxygens (including phenoxy) is 1. The lowest BCUT2D eigenvalue weighted by atomic mass is 9.98. The van der Waals surface area contributed by atoms with Gasteiger partial charge in [-0.3, -0.25) is 4.79 Å². The van der Waals surface area contributed by atoms with Crippen molar-refractivity contribution >= 4 is 34.1 Å². The summed E-state index contributed by atoms with van der Waals surface area (Å²) < 4.78 is 5.55. The number of amides is 1. The number of hydrogen-bond donors (Lipinski definition) is 0. The Morgan fingerprint density at radius 2 is 1.97 bits per heavy atom. The van der Waals surface area contributed by atoms with E-state index in [-0.39, 0.29) is 11.9 Å². The van der Waals surface area contributed by atoms with E-state index in [1.54, 1.807) is 0 Å².